The lowest BCUT2D eigenvalue weighted by Gasteiger charge is -2.15. The summed E-state index contributed by atoms with van der Waals surface area (Å²) in [6, 6.07) is 7.37. The zero-order valence-corrected chi connectivity index (χ0v) is 10.9. The molecule has 3 N–H and O–H groups in total. The summed E-state index contributed by atoms with van der Waals surface area (Å²) in [5.41, 5.74) is 6.02. The Balaban J connectivity index is 2.08. The molecule has 18 heavy (non-hydrogen) atoms. The van der Waals surface area contributed by atoms with E-state index in [-0.39, 0.29) is 11.9 Å². The fourth-order valence-electron chi connectivity index (χ4n) is 1.65. The van der Waals surface area contributed by atoms with Crippen molar-refractivity contribution < 1.29 is 4.79 Å². The third-order valence-electron chi connectivity index (χ3n) is 2.65. The summed E-state index contributed by atoms with van der Waals surface area (Å²) >= 11 is 1.64. The van der Waals surface area contributed by atoms with Crippen LogP contribution in [0, 0.1) is 0 Å². The quantitative estimate of drug-likeness (QED) is 0.889. The van der Waals surface area contributed by atoms with E-state index in [1.807, 2.05) is 24.4 Å². The number of pyridine rings is 1. The predicted octanol–water partition coefficient (Wildman–Crippen LogP) is 2.61. The third-order valence-corrected chi connectivity index (χ3v) is 3.63. The maximum Gasteiger partial charge on any atom is 0.253 e. The zero-order valence-electron chi connectivity index (χ0n) is 10.1. The van der Waals surface area contributed by atoms with Gasteiger partial charge < -0.3 is 11.1 Å². The van der Waals surface area contributed by atoms with Crippen molar-refractivity contribution in [2.75, 3.05) is 5.73 Å². The second-order valence-corrected chi connectivity index (χ2v) is 4.90. The van der Waals surface area contributed by atoms with Gasteiger partial charge in [-0.25, -0.2) is 4.98 Å². The molecule has 0 bridgehead atoms. The normalized spacial score (nSPS) is 12.1. The molecule has 1 amide bonds. The highest BCUT2D eigenvalue weighted by molar-refractivity contribution is 7.10. The van der Waals surface area contributed by atoms with Crippen molar-refractivity contribution in [1.82, 2.24) is 10.3 Å². The van der Waals surface area contributed by atoms with E-state index >= 15 is 0 Å². The third kappa shape index (κ3) is 2.87. The first-order valence-corrected chi connectivity index (χ1v) is 6.64. The molecule has 2 rings (SSSR count). The van der Waals surface area contributed by atoms with Crippen LogP contribution in [0.1, 0.15) is 34.6 Å². The van der Waals surface area contributed by atoms with E-state index in [4.69, 9.17) is 5.73 Å². The monoisotopic (exact) mass is 261 g/mol. The van der Waals surface area contributed by atoms with Gasteiger partial charge in [-0.15, -0.1) is 11.3 Å². The molecule has 0 aliphatic rings. The summed E-state index contributed by atoms with van der Waals surface area (Å²) in [6.45, 7) is 2.05. The van der Waals surface area contributed by atoms with Crippen LogP contribution < -0.4 is 11.1 Å². The molecule has 0 radical (unpaired) electrons. The molecule has 1 atom stereocenters. The lowest BCUT2D eigenvalue weighted by Crippen LogP contribution is -2.27. The number of carbonyl (C=O) groups is 1. The molecular weight excluding hydrogens is 246 g/mol. The number of hydrogen-bond donors (Lipinski definition) is 2. The van der Waals surface area contributed by atoms with Crippen LogP contribution in [0.4, 0.5) is 5.82 Å². The number of carbonyl (C=O) groups excluding carboxylic acids is 1. The van der Waals surface area contributed by atoms with Crippen LogP contribution in [0.2, 0.25) is 0 Å². The summed E-state index contributed by atoms with van der Waals surface area (Å²) < 4.78 is 0. The summed E-state index contributed by atoms with van der Waals surface area (Å²) in [5, 5.41) is 5.00. The van der Waals surface area contributed by atoms with Crippen molar-refractivity contribution in [2.45, 2.75) is 19.4 Å². The van der Waals surface area contributed by atoms with Crippen molar-refractivity contribution in [3.8, 4) is 0 Å². The van der Waals surface area contributed by atoms with Gasteiger partial charge in [0, 0.05) is 11.1 Å². The minimum Gasteiger partial charge on any atom is -0.384 e. The van der Waals surface area contributed by atoms with E-state index < -0.39 is 0 Å². The van der Waals surface area contributed by atoms with Crippen molar-refractivity contribution in [1.29, 1.82) is 0 Å². The minimum absolute atomic E-state index is 0.0510. The Bertz CT molecular complexity index is 508. The second kappa shape index (κ2) is 5.64. The van der Waals surface area contributed by atoms with Gasteiger partial charge in [-0.2, -0.15) is 0 Å². The van der Waals surface area contributed by atoms with Gasteiger partial charge in [-0.1, -0.05) is 13.0 Å². The molecule has 4 nitrogen and oxygen atoms in total. The Morgan fingerprint density at radius 2 is 2.33 bits per heavy atom. The fourth-order valence-corrected chi connectivity index (χ4v) is 2.51. The van der Waals surface area contributed by atoms with Crippen LogP contribution in [0.5, 0.6) is 0 Å². The van der Waals surface area contributed by atoms with Crippen molar-refractivity contribution >= 4 is 23.1 Å². The van der Waals surface area contributed by atoms with Gasteiger partial charge in [0.05, 0.1) is 11.6 Å². The average Bonchev–Trinajstić information content (AvgIpc) is 2.90. The Morgan fingerprint density at radius 1 is 1.50 bits per heavy atom. The first-order chi connectivity index (χ1) is 8.70. The number of thiophene rings is 1. The topological polar surface area (TPSA) is 68.0 Å². The van der Waals surface area contributed by atoms with E-state index in [0.29, 0.717) is 11.4 Å². The van der Waals surface area contributed by atoms with Gasteiger partial charge in [0.15, 0.2) is 0 Å². The molecule has 0 saturated carbocycles. The van der Waals surface area contributed by atoms with Gasteiger partial charge in [0.2, 0.25) is 0 Å². The molecule has 1 unspecified atom stereocenters. The Kier molecular flexibility index (Phi) is 3.94. The van der Waals surface area contributed by atoms with Crippen LogP contribution in [-0.2, 0) is 0 Å². The fraction of sp³-hybridized carbons (Fsp3) is 0.231. The number of aromatic nitrogens is 1. The largest absolute Gasteiger partial charge is 0.384 e. The lowest BCUT2D eigenvalue weighted by atomic mass is 10.1. The Labute approximate surface area is 110 Å². The number of rotatable bonds is 4. The van der Waals surface area contributed by atoms with E-state index in [0.717, 1.165) is 11.3 Å². The van der Waals surface area contributed by atoms with Crippen LogP contribution >= 0.6 is 11.3 Å². The lowest BCUT2D eigenvalue weighted by molar-refractivity contribution is 0.0936. The van der Waals surface area contributed by atoms with Crippen LogP contribution in [0.25, 0.3) is 0 Å². The number of hydrogen-bond acceptors (Lipinski definition) is 4. The highest BCUT2D eigenvalue weighted by Crippen LogP contribution is 2.22. The van der Waals surface area contributed by atoms with E-state index in [2.05, 4.69) is 10.3 Å². The van der Waals surface area contributed by atoms with Crippen LogP contribution in [-0.4, -0.2) is 10.9 Å². The molecule has 0 aromatic carbocycles. The maximum atomic E-state index is 12.0. The summed E-state index contributed by atoms with van der Waals surface area (Å²) in [7, 11) is 0. The number of anilines is 1. The average molecular weight is 261 g/mol. The van der Waals surface area contributed by atoms with Gasteiger partial charge in [-0.3, -0.25) is 4.79 Å². The van der Waals surface area contributed by atoms with Crippen molar-refractivity contribution in [3.63, 3.8) is 0 Å². The highest BCUT2D eigenvalue weighted by atomic mass is 32.1. The van der Waals surface area contributed by atoms with Crippen molar-refractivity contribution in [2.24, 2.45) is 0 Å². The van der Waals surface area contributed by atoms with Gasteiger partial charge in [0.1, 0.15) is 5.82 Å². The van der Waals surface area contributed by atoms with Gasteiger partial charge >= 0.3 is 0 Å². The molecule has 0 aliphatic heterocycles. The Hall–Kier alpha value is -1.88. The molecule has 0 spiro atoms. The van der Waals surface area contributed by atoms with Crippen molar-refractivity contribution in [3.05, 3.63) is 46.3 Å². The second-order valence-electron chi connectivity index (χ2n) is 3.92. The number of nitrogens with one attached hydrogen (secondary N) is 1. The van der Waals surface area contributed by atoms with Gasteiger partial charge in [-0.05, 0) is 30.0 Å². The van der Waals surface area contributed by atoms with Crippen LogP contribution in [0.3, 0.4) is 0 Å². The maximum absolute atomic E-state index is 12.0. The van der Waals surface area contributed by atoms with E-state index in [1.54, 1.807) is 23.5 Å². The first kappa shape index (κ1) is 12.6. The van der Waals surface area contributed by atoms with E-state index in [9.17, 15) is 4.79 Å². The molecular formula is C13H15N3OS. The number of nitrogens with two attached hydrogens (primary N) is 1. The summed E-state index contributed by atoms with van der Waals surface area (Å²) in [4.78, 5) is 17.1. The molecule has 2 aromatic rings. The standard InChI is InChI=1S/C13H15N3OS/c1-2-10(11-4-3-7-18-11)16-13(17)9-5-6-12(14)15-8-9/h3-8,10H,2H2,1H3,(H2,14,15)(H,16,17). The van der Waals surface area contributed by atoms with Gasteiger partial charge in [0.25, 0.3) is 5.91 Å². The zero-order chi connectivity index (χ0) is 13.0. The minimum atomic E-state index is -0.122. The smallest absolute Gasteiger partial charge is 0.253 e. The van der Waals surface area contributed by atoms with E-state index in [1.165, 1.54) is 6.20 Å². The SMILES string of the molecule is CCC(NC(=O)c1ccc(N)nc1)c1cccs1. The highest BCUT2D eigenvalue weighted by Gasteiger charge is 2.14. The molecule has 94 valence electrons. The predicted molar refractivity (Wildman–Crippen MR) is 73.5 cm³/mol. The molecule has 0 fully saturated rings. The number of nitrogens with zero attached hydrogens (tertiary/aromatic N) is 1. The summed E-state index contributed by atoms with van der Waals surface area (Å²) in [5.74, 6) is 0.291. The molecule has 0 saturated heterocycles. The number of nitrogen functional groups attached to an aromatic ring is 1. The first-order valence-electron chi connectivity index (χ1n) is 5.76. The molecule has 5 heteroatoms. The molecule has 0 aliphatic carbocycles. The number of amides is 1. The Morgan fingerprint density at radius 3 is 2.89 bits per heavy atom. The van der Waals surface area contributed by atoms with Crippen LogP contribution in [0.15, 0.2) is 35.8 Å². The summed E-state index contributed by atoms with van der Waals surface area (Å²) in [6.07, 6.45) is 2.35. The molecule has 2 aromatic heterocycles. The molecule has 2 heterocycles.